The lowest BCUT2D eigenvalue weighted by molar-refractivity contribution is -0.877. The number of quaternary nitrogens is 1. The minimum atomic E-state index is -1.16. The van der Waals surface area contributed by atoms with E-state index in [9.17, 15) is 15.0 Å². The van der Waals surface area contributed by atoms with E-state index >= 15 is 0 Å². The lowest BCUT2D eigenvalue weighted by atomic mass is 9.91. The van der Waals surface area contributed by atoms with E-state index in [-0.39, 0.29) is 6.42 Å². The number of hydrogen-bond donors (Lipinski definition) is 1. The average Bonchev–Trinajstić information content (AvgIpc) is 2.33. The molecule has 1 N–H and O–H groups in total. The predicted molar refractivity (Wildman–Crippen MR) is 89.3 cm³/mol. The third-order valence-corrected chi connectivity index (χ3v) is 3.99. The summed E-state index contributed by atoms with van der Waals surface area (Å²) in [4.78, 5) is 10.9. The molecule has 0 aromatic rings. The summed E-state index contributed by atoms with van der Waals surface area (Å²) in [5.41, 5.74) is -1.14. The van der Waals surface area contributed by atoms with E-state index in [2.05, 4.69) is 6.92 Å². The summed E-state index contributed by atoms with van der Waals surface area (Å²) >= 11 is 0. The Balaban J connectivity index is 3.92. The first-order valence-electron chi connectivity index (χ1n) is 8.91. The van der Waals surface area contributed by atoms with Gasteiger partial charge < -0.3 is 19.5 Å². The monoisotopic (exact) mass is 315 g/mol. The Hall–Kier alpha value is -0.610. The van der Waals surface area contributed by atoms with E-state index in [4.69, 9.17) is 0 Å². The Kier molecular flexibility index (Phi) is 10.7. The van der Waals surface area contributed by atoms with Crippen molar-refractivity contribution in [3.8, 4) is 0 Å². The highest BCUT2D eigenvalue weighted by atomic mass is 16.4. The van der Waals surface area contributed by atoms with E-state index in [1.807, 2.05) is 21.1 Å². The summed E-state index contributed by atoms with van der Waals surface area (Å²) in [6.45, 7) is 2.67. The second-order valence-corrected chi connectivity index (χ2v) is 7.80. The average molecular weight is 315 g/mol. The highest BCUT2D eigenvalue weighted by molar-refractivity contribution is 5.65. The highest BCUT2D eigenvalue weighted by Crippen LogP contribution is 2.22. The zero-order chi connectivity index (χ0) is 17.1. The SMILES string of the molecule is CCCCCCCCCCCC(O)(CC(=O)[O-])C[N+](C)(C)C. The van der Waals surface area contributed by atoms with E-state index < -0.39 is 11.6 Å². The van der Waals surface area contributed by atoms with Crippen molar-refractivity contribution in [2.24, 2.45) is 0 Å². The van der Waals surface area contributed by atoms with Gasteiger partial charge in [0, 0.05) is 12.4 Å². The number of nitrogens with zero attached hydrogens (tertiary/aromatic N) is 1. The fourth-order valence-electron chi connectivity index (χ4n) is 3.14. The Morgan fingerprint density at radius 3 is 1.82 bits per heavy atom. The Morgan fingerprint density at radius 2 is 1.41 bits per heavy atom. The van der Waals surface area contributed by atoms with Crippen LogP contribution in [0.1, 0.15) is 77.6 Å². The van der Waals surface area contributed by atoms with E-state index in [1.165, 1.54) is 44.9 Å². The van der Waals surface area contributed by atoms with Gasteiger partial charge in [0.25, 0.3) is 0 Å². The molecule has 0 aliphatic carbocycles. The molecule has 0 fully saturated rings. The van der Waals surface area contributed by atoms with Crippen LogP contribution in [0, 0.1) is 0 Å². The van der Waals surface area contributed by atoms with Crippen LogP contribution in [-0.4, -0.2) is 48.8 Å². The number of hydrogen-bond acceptors (Lipinski definition) is 3. The Bertz CT molecular complexity index is 299. The number of carbonyl (C=O) groups excluding carboxylic acids is 1. The lowest BCUT2D eigenvalue weighted by Gasteiger charge is -2.36. The third-order valence-electron chi connectivity index (χ3n) is 3.99. The van der Waals surface area contributed by atoms with Gasteiger partial charge in [0.1, 0.15) is 12.1 Å². The van der Waals surface area contributed by atoms with Crippen molar-refractivity contribution in [3.05, 3.63) is 0 Å². The summed E-state index contributed by atoms with van der Waals surface area (Å²) in [6.07, 6.45) is 11.2. The first-order valence-corrected chi connectivity index (χ1v) is 8.91. The number of carboxylic acids is 1. The zero-order valence-electron chi connectivity index (χ0n) is 15.2. The minimum Gasteiger partial charge on any atom is -0.550 e. The van der Waals surface area contributed by atoms with Crippen molar-refractivity contribution < 1.29 is 19.5 Å². The quantitative estimate of drug-likeness (QED) is 0.396. The predicted octanol–water partition coefficient (Wildman–Crippen LogP) is 2.48. The number of carbonyl (C=O) groups is 1. The maximum Gasteiger partial charge on any atom is 0.119 e. The van der Waals surface area contributed by atoms with Gasteiger partial charge >= 0.3 is 0 Å². The molecule has 22 heavy (non-hydrogen) atoms. The molecule has 0 heterocycles. The van der Waals surface area contributed by atoms with Gasteiger partial charge in [-0.15, -0.1) is 0 Å². The molecule has 0 spiro atoms. The van der Waals surface area contributed by atoms with Gasteiger partial charge in [0.05, 0.1) is 21.1 Å². The molecule has 1 atom stereocenters. The number of aliphatic carboxylic acids is 1. The summed E-state index contributed by atoms with van der Waals surface area (Å²) in [5, 5.41) is 21.5. The molecular weight excluding hydrogens is 278 g/mol. The topological polar surface area (TPSA) is 60.4 Å². The number of aliphatic hydroxyl groups is 1. The van der Waals surface area contributed by atoms with Crippen LogP contribution < -0.4 is 5.11 Å². The van der Waals surface area contributed by atoms with Crippen LogP contribution in [-0.2, 0) is 4.79 Å². The maximum atomic E-state index is 10.9. The molecule has 0 aliphatic rings. The number of unbranched alkanes of at least 4 members (excludes halogenated alkanes) is 8. The molecule has 4 nitrogen and oxygen atoms in total. The van der Waals surface area contributed by atoms with Crippen LogP contribution in [0.2, 0.25) is 0 Å². The van der Waals surface area contributed by atoms with E-state index in [0.29, 0.717) is 17.4 Å². The molecule has 0 bridgehead atoms. The summed E-state index contributed by atoms with van der Waals surface area (Å²) < 4.78 is 0.557. The summed E-state index contributed by atoms with van der Waals surface area (Å²) in [7, 11) is 5.91. The van der Waals surface area contributed by atoms with Crippen LogP contribution >= 0.6 is 0 Å². The van der Waals surface area contributed by atoms with E-state index in [1.54, 1.807) is 0 Å². The van der Waals surface area contributed by atoms with Crippen LogP contribution in [0.4, 0.5) is 0 Å². The molecule has 0 rings (SSSR count). The lowest BCUT2D eigenvalue weighted by Crippen LogP contribution is -2.51. The van der Waals surface area contributed by atoms with Gasteiger partial charge in [0.2, 0.25) is 0 Å². The number of likely N-dealkylation sites (N-methyl/N-ethyl adjacent to an activating group) is 1. The smallest absolute Gasteiger partial charge is 0.119 e. The maximum absolute atomic E-state index is 10.9. The second-order valence-electron chi connectivity index (χ2n) is 7.80. The molecule has 0 saturated carbocycles. The zero-order valence-corrected chi connectivity index (χ0v) is 15.2. The molecule has 0 amide bonds. The molecule has 0 saturated heterocycles. The van der Waals surface area contributed by atoms with Crippen LogP contribution in [0.3, 0.4) is 0 Å². The second kappa shape index (κ2) is 11.0. The van der Waals surface area contributed by atoms with Crippen molar-refractivity contribution in [2.75, 3.05) is 27.7 Å². The summed E-state index contributed by atoms with van der Waals surface area (Å²) in [5.74, 6) is -1.16. The van der Waals surface area contributed by atoms with Crippen LogP contribution in [0.25, 0.3) is 0 Å². The molecule has 4 heteroatoms. The highest BCUT2D eigenvalue weighted by Gasteiger charge is 2.33. The minimum absolute atomic E-state index is 0.264. The molecule has 0 aliphatic heterocycles. The fraction of sp³-hybridized carbons (Fsp3) is 0.944. The van der Waals surface area contributed by atoms with Gasteiger partial charge in [-0.3, -0.25) is 0 Å². The van der Waals surface area contributed by atoms with Gasteiger partial charge in [0.15, 0.2) is 0 Å². The first-order chi connectivity index (χ1) is 10.2. The molecule has 0 radical (unpaired) electrons. The van der Waals surface area contributed by atoms with Gasteiger partial charge in [-0.2, -0.15) is 0 Å². The van der Waals surface area contributed by atoms with Gasteiger partial charge in [-0.25, -0.2) is 0 Å². The third kappa shape index (κ3) is 13.1. The van der Waals surface area contributed by atoms with Crippen LogP contribution in [0.15, 0.2) is 0 Å². The van der Waals surface area contributed by atoms with E-state index in [0.717, 1.165) is 12.8 Å². The largest absolute Gasteiger partial charge is 0.550 e. The van der Waals surface area contributed by atoms with Crippen LogP contribution in [0.5, 0.6) is 0 Å². The van der Waals surface area contributed by atoms with Crippen molar-refractivity contribution >= 4 is 5.97 Å². The number of carboxylic acid groups (broad SMARTS) is 1. The number of rotatable bonds is 14. The van der Waals surface area contributed by atoms with Gasteiger partial charge in [-0.1, -0.05) is 64.7 Å². The molecule has 0 aromatic heterocycles. The molecule has 0 aromatic carbocycles. The van der Waals surface area contributed by atoms with Crippen molar-refractivity contribution in [1.29, 1.82) is 0 Å². The van der Waals surface area contributed by atoms with Crippen molar-refractivity contribution in [2.45, 2.75) is 83.2 Å². The van der Waals surface area contributed by atoms with Gasteiger partial charge in [-0.05, 0) is 6.42 Å². The Morgan fingerprint density at radius 1 is 0.955 bits per heavy atom. The summed E-state index contributed by atoms with van der Waals surface area (Å²) in [6, 6.07) is 0. The molecule has 1 unspecified atom stereocenters. The molecular formula is C18H37NO3. The standard InChI is InChI=1S/C18H37NO3/c1-5-6-7-8-9-10-11-12-13-14-18(22,15-17(20)21)16-19(2,3)4/h22H,5-16H2,1-4H3. The fourth-order valence-corrected chi connectivity index (χ4v) is 3.14. The normalized spacial score (nSPS) is 14.8. The van der Waals surface area contributed by atoms with Crippen molar-refractivity contribution in [1.82, 2.24) is 0 Å². The van der Waals surface area contributed by atoms with Crippen molar-refractivity contribution in [3.63, 3.8) is 0 Å². The first kappa shape index (κ1) is 21.4. The molecule has 132 valence electrons. The Labute approximate surface area is 137 Å².